The number of esters is 1. The molecule has 1 N–H and O–H groups in total. The molecular formula is C15H12Cl2FN3O3S. The van der Waals surface area contributed by atoms with Gasteiger partial charge in [-0.25, -0.2) is 19.2 Å². The number of hydrogen-bond acceptors (Lipinski definition) is 6. The van der Waals surface area contributed by atoms with Crippen molar-refractivity contribution in [2.45, 2.75) is 18.2 Å². The number of nitrogens with zero attached hydrogens (tertiary/aromatic N) is 2. The lowest BCUT2D eigenvalue weighted by Crippen LogP contribution is -2.30. The minimum atomic E-state index is -1.16. The van der Waals surface area contributed by atoms with Crippen LogP contribution in [-0.4, -0.2) is 34.2 Å². The van der Waals surface area contributed by atoms with E-state index in [1.807, 2.05) is 0 Å². The molecule has 25 heavy (non-hydrogen) atoms. The van der Waals surface area contributed by atoms with E-state index in [0.29, 0.717) is 5.16 Å². The largest absolute Gasteiger partial charge is 0.448 e. The van der Waals surface area contributed by atoms with E-state index >= 15 is 0 Å². The molecule has 10 heteroatoms. The highest BCUT2D eigenvalue weighted by Gasteiger charge is 2.23. The molecule has 0 aliphatic rings. The van der Waals surface area contributed by atoms with Crippen LogP contribution in [0.2, 0.25) is 10.0 Å². The summed E-state index contributed by atoms with van der Waals surface area (Å²) in [6.07, 6.45) is 1.86. The third-order valence-corrected chi connectivity index (χ3v) is 4.09. The molecule has 1 atom stereocenters. The maximum absolute atomic E-state index is 13.0. The summed E-state index contributed by atoms with van der Waals surface area (Å²) in [6, 6.07) is 3.50. The highest BCUT2D eigenvalue weighted by Crippen LogP contribution is 2.23. The van der Waals surface area contributed by atoms with Crippen LogP contribution in [0.4, 0.5) is 10.1 Å². The molecule has 0 fully saturated rings. The molecule has 6 nitrogen and oxygen atoms in total. The van der Waals surface area contributed by atoms with Crippen molar-refractivity contribution in [2.24, 2.45) is 0 Å². The molecule has 0 aliphatic heterocycles. The first-order valence-electron chi connectivity index (χ1n) is 6.85. The summed E-state index contributed by atoms with van der Waals surface area (Å²) < 4.78 is 18.1. The van der Waals surface area contributed by atoms with Crippen molar-refractivity contribution >= 4 is 52.5 Å². The van der Waals surface area contributed by atoms with Crippen LogP contribution in [0.25, 0.3) is 0 Å². The first-order chi connectivity index (χ1) is 11.8. The fraction of sp³-hybridized carbons (Fsp3) is 0.200. The van der Waals surface area contributed by atoms with Crippen LogP contribution in [0.3, 0.4) is 0 Å². The fourth-order valence-electron chi connectivity index (χ4n) is 1.69. The van der Waals surface area contributed by atoms with Gasteiger partial charge in [0.25, 0.3) is 5.91 Å². The third kappa shape index (κ3) is 5.04. The van der Waals surface area contributed by atoms with E-state index < -0.39 is 23.8 Å². The highest BCUT2D eigenvalue weighted by molar-refractivity contribution is 7.98. The zero-order chi connectivity index (χ0) is 18.6. The van der Waals surface area contributed by atoms with Crippen LogP contribution in [0.15, 0.2) is 29.6 Å². The minimum absolute atomic E-state index is 0.0111. The Morgan fingerprint density at radius 1 is 1.32 bits per heavy atom. The van der Waals surface area contributed by atoms with Crippen LogP contribution in [0.1, 0.15) is 17.4 Å². The van der Waals surface area contributed by atoms with E-state index in [1.165, 1.54) is 30.9 Å². The summed E-state index contributed by atoms with van der Waals surface area (Å²) in [5.41, 5.74) is 0.0567. The second-order valence-corrected chi connectivity index (χ2v) is 6.30. The number of carbonyl (C=O) groups excluding carboxylic acids is 2. The molecule has 0 unspecified atom stereocenters. The van der Waals surface area contributed by atoms with Crippen molar-refractivity contribution in [2.75, 3.05) is 11.6 Å². The van der Waals surface area contributed by atoms with Gasteiger partial charge in [-0.3, -0.25) is 4.79 Å². The average Bonchev–Trinajstić information content (AvgIpc) is 2.57. The molecule has 2 rings (SSSR count). The quantitative estimate of drug-likeness (QED) is 0.464. The van der Waals surface area contributed by atoms with Gasteiger partial charge in [0.2, 0.25) is 0 Å². The number of hydrogen-bond donors (Lipinski definition) is 1. The molecule has 1 amide bonds. The first-order valence-corrected chi connectivity index (χ1v) is 8.83. The predicted molar refractivity (Wildman–Crippen MR) is 93.7 cm³/mol. The Bertz CT molecular complexity index is 823. The number of ether oxygens (including phenoxy) is 1. The average molecular weight is 404 g/mol. The molecule has 0 saturated heterocycles. The second kappa shape index (κ2) is 8.46. The van der Waals surface area contributed by atoms with Gasteiger partial charge in [-0.15, -0.1) is 0 Å². The third-order valence-electron chi connectivity index (χ3n) is 2.94. The maximum atomic E-state index is 13.0. The predicted octanol–water partition coefficient (Wildman–Crippen LogP) is 3.83. The lowest BCUT2D eigenvalue weighted by molar-refractivity contribution is -0.123. The first kappa shape index (κ1) is 19.4. The number of thioether (sulfide) groups is 1. The Labute approximate surface area is 157 Å². The Morgan fingerprint density at radius 3 is 2.68 bits per heavy atom. The van der Waals surface area contributed by atoms with Crippen LogP contribution < -0.4 is 5.32 Å². The lowest BCUT2D eigenvalue weighted by atomic mass is 10.3. The molecule has 132 valence electrons. The van der Waals surface area contributed by atoms with Gasteiger partial charge in [-0.1, -0.05) is 35.0 Å². The summed E-state index contributed by atoms with van der Waals surface area (Å²) in [7, 11) is 0. The van der Waals surface area contributed by atoms with Crippen molar-refractivity contribution in [1.82, 2.24) is 9.97 Å². The van der Waals surface area contributed by atoms with E-state index in [4.69, 9.17) is 27.9 Å². The molecule has 1 aromatic carbocycles. The summed E-state index contributed by atoms with van der Waals surface area (Å²) >= 11 is 12.9. The number of anilines is 1. The van der Waals surface area contributed by atoms with Gasteiger partial charge in [0.1, 0.15) is 5.82 Å². The Morgan fingerprint density at radius 2 is 2.04 bits per heavy atom. The summed E-state index contributed by atoms with van der Waals surface area (Å²) in [5, 5.41) is 2.82. The second-order valence-electron chi connectivity index (χ2n) is 4.71. The van der Waals surface area contributed by atoms with Crippen molar-refractivity contribution in [3.8, 4) is 0 Å². The summed E-state index contributed by atoms with van der Waals surface area (Å²) in [4.78, 5) is 32.1. The smallest absolute Gasteiger partial charge is 0.359 e. The van der Waals surface area contributed by atoms with Crippen LogP contribution in [0, 0.1) is 5.82 Å². The van der Waals surface area contributed by atoms with Gasteiger partial charge in [0.05, 0.1) is 21.9 Å². The molecule has 0 saturated carbocycles. The van der Waals surface area contributed by atoms with Crippen molar-refractivity contribution in [1.29, 1.82) is 0 Å². The number of nitrogens with one attached hydrogen (secondary N) is 1. The monoisotopic (exact) mass is 403 g/mol. The van der Waals surface area contributed by atoms with E-state index in [0.717, 1.165) is 12.1 Å². The SMILES string of the molecule is CSc1ncc(Cl)c(C(=O)O[C@H](C)C(=O)Nc2ccc(F)cc2Cl)n1. The fourth-order valence-corrected chi connectivity index (χ4v) is 2.41. The van der Waals surface area contributed by atoms with Gasteiger partial charge < -0.3 is 10.1 Å². The minimum Gasteiger partial charge on any atom is -0.448 e. The Balaban J connectivity index is 2.06. The molecule has 1 heterocycles. The topological polar surface area (TPSA) is 81.2 Å². The van der Waals surface area contributed by atoms with Crippen molar-refractivity contribution < 1.29 is 18.7 Å². The van der Waals surface area contributed by atoms with Crippen LogP contribution >= 0.6 is 35.0 Å². The van der Waals surface area contributed by atoms with Crippen LogP contribution in [0.5, 0.6) is 0 Å². The molecule has 1 aromatic heterocycles. The number of carbonyl (C=O) groups is 2. The van der Waals surface area contributed by atoms with Crippen molar-refractivity contribution in [3.05, 3.63) is 46.0 Å². The summed E-state index contributed by atoms with van der Waals surface area (Å²) in [6.45, 7) is 1.37. The van der Waals surface area contributed by atoms with E-state index in [2.05, 4.69) is 15.3 Å². The molecule has 0 radical (unpaired) electrons. The molecule has 0 bridgehead atoms. The van der Waals surface area contributed by atoms with Crippen LogP contribution in [-0.2, 0) is 9.53 Å². The van der Waals surface area contributed by atoms with Gasteiger partial charge in [-0.2, -0.15) is 0 Å². The number of benzene rings is 1. The Kier molecular flexibility index (Phi) is 6.57. The number of halogens is 3. The molecule has 0 spiro atoms. The molecule has 0 aliphatic carbocycles. The number of amides is 1. The maximum Gasteiger partial charge on any atom is 0.359 e. The normalized spacial score (nSPS) is 11.7. The zero-order valence-corrected chi connectivity index (χ0v) is 15.4. The summed E-state index contributed by atoms with van der Waals surface area (Å²) in [5.74, 6) is -2.04. The number of aromatic nitrogens is 2. The highest BCUT2D eigenvalue weighted by atomic mass is 35.5. The molecule has 2 aromatic rings. The van der Waals surface area contributed by atoms with E-state index in [-0.39, 0.29) is 21.4 Å². The van der Waals surface area contributed by atoms with Gasteiger partial charge in [0.15, 0.2) is 17.0 Å². The molecular weight excluding hydrogens is 392 g/mol. The van der Waals surface area contributed by atoms with Gasteiger partial charge in [-0.05, 0) is 31.4 Å². The number of rotatable bonds is 5. The van der Waals surface area contributed by atoms with E-state index in [1.54, 1.807) is 6.26 Å². The van der Waals surface area contributed by atoms with Gasteiger partial charge in [0, 0.05) is 0 Å². The van der Waals surface area contributed by atoms with E-state index in [9.17, 15) is 14.0 Å². The van der Waals surface area contributed by atoms with Gasteiger partial charge >= 0.3 is 5.97 Å². The zero-order valence-electron chi connectivity index (χ0n) is 13.0. The van der Waals surface area contributed by atoms with Crippen molar-refractivity contribution in [3.63, 3.8) is 0 Å². The Hall–Kier alpha value is -1.90. The lowest BCUT2D eigenvalue weighted by Gasteiger charge is -2.14. The standard InChI is InChI=1S/C15H12Cl2FN3O3S/c1-7(13(22)20-11-4-3-8(18)5-9(11)16)24-14(23)12-10(17)6-19-15(21-12)25-2/h3-7H,1-2H3,(H,20,22)/t7-/m1/s1.